The number of nitrogens with zero attached hydrogens (tertiary/aromatic N) is 4. The molecule has 0 radical (unpaired) electrons. The lowest BCUT2D eigenvalue weighted by molar-refractivity contribution is -0.133. The molecule has 0 spiro atoms. The molecule has 1 atom stereocenters. The van der Waals surface area contributed by atoms with E-state index in [1.807, 2.05) is 17.0 Å². The van der Waals surface area contributed by atoms with E-state index >= 15 is 0 Å². The van der Waals surface area contributed by atoms with Crippen molar-refractivity contribution in [1.82, 2.24) is 19.7 Å². The van der Waals surface area contributed by atoms with Gasteiger partial charge in [0.25, 0.3) is 5.91 Å². The largest absolute Gasteiger partial charge is 0.444 e. The molecule has 4 heterocycles. The second kappa shape index (κ2) is 7.82. The van der Waals surface area contributed by atoms with Crippen LogP contribution in [0.4, 0.5) is 0 Å². The van der Waals surface area contributed by atoms with Crippen molar-refractivity contribution in [1.29, 1.82) is 0 Å². The Hall–Kier alpha value is -2.19. The van der Waals surface area contributed by atoms with E-state index in [-0.39, 0.29) is 17.9 Å². The van der Waals surface area contributed by atoms with Crippen LogP contribution in [0.1, 0.15) is 22.5 Å². The molecule has 0 aromatic carbocycles. The van der Waals surface area contributed by atoms with E-state index in [9.17, 15) is 9.59 Å². The smallest absolute Gasteiger partial charge is 0.289 e. The summed E-state index contributed by atoms with van der Waals surface area (Å²) >= 11 is 3.22. The number of carbonyl (C=O) groups is 2. The van der Waals surface area contributed by atoms with Gasteiger partial charge in [-0.1, -0.05) is 6.07 Å². The molecule has 2 saturated heterocycles. The Morgan fingerprint density at radius 3 is 2.67 bits per heavy atom. The highest BCUT2D eigenvalue weighted by molar-refractivity contribution is 9.10. The zero-order valence-corrected chi connectivity index (χ0v) is 16.5. The van der Waals surface area contributed by atoms with Crippen LogP contribution in [0.15, 0.2) is 45.7 Å². The van der Waals surface area contributed by atoms with Crippen molar-refractivity contribution < 1.29 is 14.0 Å². The molecule has 27 heavy (non-hydrogen) atoms. The Bertz CT molecular complexity index is 817. The molecule has 8 heteroatoms. The molecular formula is C19H21BrN4O3. The van der Waals surface area contributed by atoms with Gasteiger partial charge in [0.15, 0.2) is 10.4 Å². The van der Waals surface area contributed by atoms with Gasteiger partial charge in [-0.25, -0.2) is 0 Å². The monoisotopic (exact) mass is 432 g/mol. The first kappa shape index (κ1) is 18.2. The van der Waals surface area contributed by atoms with Crippen molar-refractivity contribution in [2.45, 2.75) is 19.0 Å². The van der Waals surface area contributed by atoms with Gasteiger partial charge in [0.05, 0.1) is 6.04 Å². The molecule has 2 aliphatic rings. The fourth-order valence-corrected chi connectivity index (χ4v) is 4.06. The van der Waals surface area contributed by atoms with Gasteiger partial charge in [-0.3, -0.25) is 19.5 Å². The Morgan fingerprint density at radius 1 is 1.19 bits per heavy atom. The Labute approximate surface area is 166 Å². The van der Waals surface area contributed by atoms with Gasteiger partial charge >= 0.3 is 0 Å². The minimum atomic E-state index is -0.101. The van der Waals surface area contributed by atoms with E-state index in [0.717, 1.165) is 18.5 Å². The first-order valence-corrected chi connectivity index (χ1v) is 9.87. The first-order valence-electron chi connectivity index (χ1n) is 9.08. The number of pyridine rings is 1. The van der Waals surface area contributed by atoms with Crippen LogP contribution >= 0.6 is 15.9 Å². The number of carbonyl (C=O) groups excluding carboxylic acids is 2. The SMILES string of the molecule is O=C(c1ccc(Br)o1)N1CCN(C2CCN(Cc3cccnc3)C2=O)CC1. The summed E-state index contributed by atoms with van der Waals surface area (Å²) in [6, 6.07) is 7.19. The summed E-state index contributed by atoms with van der Waals surface area (Å²) < 4.78 is 5.91. The summed E-state index contributed by atoms with van der Waals surface area (Å²) in [7, 11) is 0. The normalized spacial score (nSPS) is 21.1. The van der Waals surface area contributed by atoms with Gasteiger partial charge in [-0.05, 0) is 46.1 Å². The van der Waals surface area contributed by atoms with E-state index in [2.05, 4.69) is 25.8 Å². The quantitative estimate of drug-likeness (QED) is 0.738. The number of halogens is 1. The second-order valence-corrected chi connectivity index (χ2v) is 7.64. The van der Waals surface area contributed by atoms with Crippen molar-refractivity contribution in [3.63, 3.8) is 0 Å². The number of piperazine rings is 1. The van der Waals surface area contributed by atoms with E-state index < -0.39 is 0 Å². The van der Waals surface area contributed by atoms with Crippen LogP contribution in [0.5, 0.6) is 0 Å². The van der Waals surface area contributed by atoms with Crippen molar-refractivity contribution in [2.24, 2.45) is 0 Å². The van der Waals surface area contributed by atoms with Gasteiger partial charge in [0.1, 0.15) is 0 Å². The zero-order valence-electron chi connectivity index (χ0n) is 14.9. The van der Waals surface area contributed by atoms with Crippen molar-refractivity contribution in [3.8, 4) is 0 Å². The highest BCUT2D eigenvalue weighted by atomic mass is 79.9. The third-order valence-corrected chi connectivity index (χ3v) is 5.62. The van der Waals surface area contributed by atoms with Crippen LogP contribution in [0.2, 0.25) is 0 Å². The maximum Gasteiger partial charge on any atom is 0.289 e. The summed E-state index contributed by atoms with van der Waals surface area (Å²) in [5.41, 5.74) is 1.05. The van der Waals surface area contributed by atoms with E-state index in [1.165, 1.54) is 0 Å². The minimum absolute atomic E-state index is 0.0864. The van der Waals surface area contributed by atoms with Gasteiger partial charge in [0.2, 0.25) is 5.91 Å². The van der Waals surface area contributed by atoms with Crippen LogP contribution in [0, 0.1) is 0 Å². The van der Waals surface area contributed by atoms with Crippen LogP contribution in [-0.4, -0.2) is 70.3 Å². The number of furan rings is 1. The Kier molecular flexibility index (Phi) is 5.27. The molecule has 2 amide bonds. The number of rotatable bonds is 4. The van der Waals surface area contributed by atoms with E-state index in [4.69, 9.17) is 4.42 Å². The molecule has 142 valence electrons. The number of aromatic nitrogens is 1. The molecule has 0 N–H and O–H groups in total. The minimum Gasteiger partial charge on any atom is -0.444 e. The maximum absolute atomic E-state index is 12.8. The summed E-state index contributed by atoms with van der Waals surface area (Å²) in [5.74, 6) is 0.416. The van der Waals surface area contributed by atoms with Gasteiger partial charge < -0.3 is 14.2 Å². The molecule has 2 aromatic heterocycles. The predicted molar refractivity (Wildman–Crippen MR) is 102 cm³/mol. The lowest BCUT2D eigenvalue weighted by Gasteiger charge is -2.36. The van der Waals surface area contributed by atoms with Crippen LogP contribution in [-0.2, 0) is 11.3 Å². The van der Waals surface area contributed by atoms with Gasteiger partial charge in [0, 0.05) is 51.7 Å². The zero-order chi connectivity index (χ0) is 18.8. The standard InChI is InChI=1S/C19H21BrN4O3/c20-17-4-3-16(27-17)19(26)23-10-8-22(9-11-23)15-5-7-24(18(15)25)13-14-2-1-6-21-12-14/h1-4,6,12,15H,5,7-11,13H2. The van der Waals surface area contributed by atoms with Gasteiger partial charge in [-0.2, -0.15) is 0 Å². The van der Waals surface area contributed by atoms with Gasteiger partial charge in [-0.15, -0.1) is 0 Å². The number of amides is 2. The average molecular weight is 433 g/mol. The fraction of sp³-hybridized carbons (Fsp3) is 0.421. The molecule has 2 fully saturated rings. The first-order chi connectivity index (χ1) is 13.1. The molecule has 2 aliphatic heterocycles. The van der Waals surface area contributed by atoms with Crippen molar-refractivity contribution >= 4 is 27.7 Å². The summed E-state index contributed by atoms with van der Waals surface area (Å²) in [6.45, 7) is 3.97. The molecule has 4 rings (SSSR count). The predicted octanol–water partition coefficient (Wildman–Crippen LogP) is 2.00. The molecular weight excluding hydrogens is 412 g/mol. The Morgan fingerprint density at radius 2 is 2.00 bits per heavy atom. The lowest BCUT2D eigenvalue weighted by atomic mass is 10.1. The molecule has 0 saturated carbocycles. The number of hydrogen-bond acceptors (Lipinski definition) is 5. The van der Waals surface area contributed by atoms with E-state index in [0.29, 0.717) is 43.2 Å². The fourth-order valence-electron chi connectivity index (χ4n) is 3.75. The van der Waals surface area contributed by atoms with Crippen LogP contribution < -0.4 is 0 Å². The maximum atomic E-state index is 12.8. The molecule has 0 bridgehead atoms. The third-order valence-electron chi connectivity index (χ3n) is 5.19. The second-order valence-electron chi connectivity index (χ2n) is 6.86. The van der Waals surface area contributed by atoms with Crippen molar-refractivity contribution in [2.75, 3.05) is 32.7 Å². The van der Waals surface area contributed by atoms with Crippen molar-refractivity contribution in [3.05, 3.63) is 52.7 Å². The molecule has 7 nitrogen and oxygen atoms in total. The summed E-state index contributed by atoms with van der Waals surface area (Å²) in [6.07, 6.45) is 4.37. The lowest BCUT2D eigenvalue weighted by Crippen LogP contribution is -2.53. The van der Waals surface area contributed by atoms with Crippen LogP contribution in [0.25, 0.3) is 0 Å². The van der Waals surface area contributed by atoms with E-state index in [1.54, 1.807) is 29.4 Å². The third kappa shape index (κ3) is 3.91. The molecule has 1 unspecified atom stereocenters. The molecule has 2 aromatic rings. The number of likely N-dealkylation sites (tertiary alicyclic amines) is 1. The number of hydrogen-bond donors (Lipinski definition) is 0. The summed E-state index contributed by atoms with van der Waals surface area (Å²) in [4.78, 5) is 35.3. The topological polar surface area (TPSA) is 69.9 Å². The highest BCUT2D eigenvalue weighted by Gasteiger charge is 2.37. The Balaban J connectivity index is 1.32. The highest BCUT2D eigenvalue weighted by Crippen LogP contribution is 2.22. The average Bonchev–Trinajstić information content (AvgIpc) is 3.29. The summed E-state index contributed by atoms with van der Waals surface area (Å²) in [5, 5.41) is 0. The molecule has 0 aliphatic carbocycles. The van der Waals surface area contributed by atoms with Crippen LogP contribution in [0.3, 0.4) is 0 Å².